The fraction of sp³-hybridized carbons (Fsp3) is 0.368. The lowest BCUT2D eigenvalue weighted by atomic mass is 9.82. The Morgan fingerprint density at radius 3 is 2.12 bits per heavy atom. The minimum Gasteiger partial charge on any atom is -0.466 e. The summed E-state index contributed by atoms with van der Waals surface area (Å²) in [5.41, 5.74) is 3.08. The number of nitrogens with one attached hydrogen (secondary N) is 2. The Morgan fingerprint density at radius 2 is 1.68 bits per heavy atom. The highest BCUT2D eigenvalue weighted by atomic mass is 16.5. The fourth-order valence-corrected chi connectivity index (χ4v) is 2.76. The molecule has 134 valence electrons. The summed E-state index contributed by atoms with van der Waals surface area (Å²) in [5, 5.41) is 11.8. The molecule has 6 heteroatoms. The highest BCUT2D eigenvalue weighted by molar-refractivity contribution is 5.95. The number of benzene rings is 1. The first-order valence-electron chi connectivity index (χ1n) is 8.05. The van der Waals surface area contributed by atoms with Crippen molar-refractivity contribution in [2.75, 3.05) is 0 Å². The van der Waals surface area contributed by atoms with E-state index in [0.29, 0.717) is 22.6 Å². The van der Waals surface area contributed by atoms with Crippen molar-refractivity contribution in [3.63, 3.8) is 0 Å². The molecule has 1 aromatic carbocycles. The molecule has 0 radical (unpaired) electrons. The van der Waals surface area contributed by atoms with Gasteiger partial charge in [0.05, 0.1) is 11.6 Å². The number of carbonyl (C=O) groups is 2. The molecule has 6 nitrogen and oxygen atoms in total. The number of hydrogen-bond acceptors (Lipinski definition) is 4. The number of hydrogen-bond donors (Lipinski definition) is 3. The van der Waals surface area contributed by atoms with Crippen LogP contribution in [-0.4, -0.2) is 17.0 Å². The quantitative estimate of drug-likeness (QED) is 0.584. The van der Waals surface area contributed by atoms with Crippen LogP contribution in [-0.2, 0) is 0 Å². The maximum absolute atomic E-state index is 12.7. The van der Waals surface area contributed by atoms with Gasteiger partial charge in [0.2, 0.25) is 0 Å². The van der Waals surface area contributed by atoms with Crippen LogP contribution in [0.15, 0.2) is 34.7 Å². The monoisotopic (exact) mass is 344 g/mol. The number of aryl methyl sites for hydroxylation is 2. The summed E-state index contributed by atoms with van der Waals surface area (Å²) in [6.07, 6.45) is 0. The van der Waals surface area contributed by atoms with Gasteiger partial charge in [-0.2, -0.15) is 0 Å². The molecule has 1 atom stereocenters. The van der Waals surface area contributed by atoms with E-state index in [1.807, 2.05) is 20.8 Å². The van der Waals surface area contributed by atoms with E-state index in [4.69, 9.17) is 9.62 Å². The Balaban J connectivity index is 2.29. The summed E-state index contributed by atoms with van der Waals surface area (Å²) in [7, 11) is 0. The molecule has 2 amide bonds. The molecule has 0 bridgehead atoms. The molecular formula is C19H24N2O4. The first-order valence-corrected chi connectivity index (χ1v) is 8.05. The lowest BCUT2D eigenvalue weighted by Gasteiger charge is -2.32. The first-order chi connectivity index (χ1) is 11.6. The smallest absolute Gasteiger partial charge is 0.274 e. The Kier molecular flexibility index (Phi) is 5.33. The van der Waals surface area contributed by atoms with Crippen molar-refractivity contribution in [1.29, 1.82) is 0 Å². The average molecular weight is 344 g/mol. The van der Waals surface area contributed by atoms with Crippen LogP contribution in [0, 0.1) is 19.3 Å². The van der Waals surface area contributed by atoms with E-state index in [-0.39, 0.29) is 17.4 Å². The van der Waals surface area contributed by atoms with Gasteiger partial charge in [-0.25, -0.2) is 5.48 Å². The largest absolute Gasteiger partial charge is 0.466 e. The van der Waals surface area contributed by atoms with Gasteiger partial charge >= 0.3 is 0 Å². The van der Waals surface area contributed by atoms with E-state index in [2.05, 4.69) is 5.32 Å². The Morgan fingerprint density at radius 1 is 1.08 bits per heavy atom. The van der Waals surface area contributed by atoms with Crippen molar-refractivity contribution in [3.05, 3.63) is 58.5 Å². The summed E-state index contributed by atoms with van der Waals surface area (Å²) in [6.45, 7) is 9.64. The number of amides is 2. The average Bonchev–Trinajstić information content (AvgIpc) is 2.89. The van der Waals surface area contributed by atoms with Gasteiger partial charge in [-0.15, -0.1) is 0 Å². The Bertz CT molecular complexity index is 770. The molecule has 0 fully saturated rings. The zero-order chi connectivity index (χ0) is 18.8. The summed E-state index contributed by atoms with van der Waals surface area (Å²) in [6, 6.07) is 8.22. The predicted octanol–water partition coefficient (Wildman–Crippen LogP) is 3.53. The van der Waals surface area contributed by atoms with Gasteiger partial charge in [0, 0.05) is 5.56 Å². The number of carbonyl (C=O) groups excluding carboxylic acids is 2. The van der Waals surface area contributed by atoms with Crippen LogP contribution in [0.4, 0.5) is 0 Å². The zero-order valence-corrected chi connectivity index (χ0v) is 15.1. The second kappa shape index (κ2) is 7.11. The van der Waals surface area contributed by atoms with Gasteiger partial charge < -0.3 is 9.73 Å². The molecule has 0 saturated heterocycles. The van der Waals surface area contributed by atoms with Gasteiger partial charge in [0.1, 0.15) is 11.5 Å². The summed E-state index contributed by atoms with van der Waals surface area (Å²) in [5.74, 6) is 0.491. The summed E-state index contributed by atoms with van der Waals surface area (Å²) < 4.78 is 5.43. The van der Waals surface area contributed by atoms with Crippen molar-refractivity contribution in [2.45, 2.75) is 40.7 Å². The van der Waals surface area contributed by atoms with E-state index in [9.17, 15) is 9.59 Å². The minimum absolute atomic E-state index is 0.202. The van der Waals surface area contributed by atoms with Crippen LogP contribution in [0.25, 0.3) is 0 Å². The third kappa shape index (κ3) is 4.28. The van der Waals surface area contributed by atoms with Crippen LogP contribution in [0.5, 0.6) is 0 Å². The molecule has 0 aliphatic heterocycles. The van der Waals surface area contributed by atoms with Gasteiger partial charge in [-0.3, -0.25) is 14.8 Å². The van der Waals surface area contributed by atoms with Crippen molar-refractivity contribution in [2.24, 2.45) is 5.41 Å². The third-order valence-electron chi connectivity index (χ3n) is 4.03. The first kappa shape index (κ1) is 18.7. The molecule has 0 aliphatic rings. The molecule has 1 unspecified atom stereocenters. The van der Waals surface area contributed by atoms with E-state index in [0.717, 1.165) is 5.56 Å². The predicted molar refractivity (Wildman–Crippen MR) is 93.5 cm³/mol. The zero-order valence-electron chi connectivity index (χ0n) is 15.1. The van der Waals surface area contributed by atoms with Gasteiger partial charge in [0.25, 0.3) is 11.8 Å². The number of rotatable bonds is 4. The molecule has 2 aromatic rings. The molecule has 0 spiro atoms. The second-order valence-corrected chi connectivity index (χ2v) is 7.16. The van der Waals surface area contributed by atoms with Crippen LogP contribution in [0.3, 0.4) is 0 Å². The molecular weight excluding hydrogens is 320 g/mol. The standard InChI is InChI=1S/C19H24N2O4/c1-11-10-15(12(2)25-11)18(23)20-16(19(3,4)5)13-6-8-14(9-7-13)17(22)21-24/h6-10,16,24H,1-5H3,(H,20,23)(H,21,22). The fourth-order valence-electron chi connectivity index (χ4n) is 2.76. The normalized spacial score (nSPS) is 12.6. The number of furan rings is 1. The molecule has 3 N–H and O–H groups in total. The van der Waals surface area contributed by atoms with Crippen molar-refractivity contribution < 1.29 is 19.2 Å². The molecule has 0 saturated carbocycles. The summed E-state index contributed by atoms with van der Waals surface area (Å²) in [4.78, 5) is 24.1. The third-order valence-corrected chi connectivity index (χ3v) is 4.03. The van der Waals surface area contributed by atoms with Crippen molar-refractivity contribution in [3.8, 4) is 0 Å². The van der Waals surface area contributed by atoms with Crippen LogP contribution in [0.2, 0.25) is 0 Å². The van der Waals surface area contributed by atoms with E-state index in [1.54, 1.807) is 49.7 Å². The Labute approximate surface area is 147 Å². The van der Waals surface area contributed by atoms with Crippen LogP contribution < -0.4 is 10.8 Å². The maximum atomic E-state index is 12.7. The van der Waals surface area contributed by atoms with Crippen molar-refractivity contribution in [1.82, 2.24) is 10.8 Å². The molecule has 25 heavy (non-hydrogen) atoms. The Hall–Kier alpha value is -2.60. The summed E-state index contributed by atoms with van der Waals surface area (Å²) >= 11 is 0. The highest BCUT2D eigenvalue weighted by Crippen LogP contribution is 2.33. The van der Waals surface area contributed by atoms with E-state index >= 15 is 0 Å². The number of hydroxylamine groups is 1. The van der Waals surface area contributed by atoms with Crippen LogP contribution >= 0.6 is 0 Å². The van der Waals surface area contributed by atoms with Crippen molar-refractivity contribution >= 4 is 11.8 Å². The lowest BCUT2D eigenvalue weighted by molar-refractivity contribution is 0.0706. The topological polar surface area (TPSA) is 91.6 Å². The van der Waals surface area contributed by atoms with Gasteiger partial charge in [-0.05, 0) is 43.0 Å². The maximum Gasteiger partial charge on any atom is 0.274 e. The van der Waals surface area contributed by atoms with Crippen LogP contribution in [0.1, 0.15) is 64.6 Å². The van der Waals surface area contributed by atoms with Gasteiger partial charge in [0.15, 0.2) is 0 Å². The van der Waals surface area contributed by atoms with E-state index < -0.39 is 5.91 Å². The highest BCUT2D eigenvalue weighted by Gasteiger charge is 2.29. The second-order valence-electron chi connectivity index (χ2n) is 7.16. The van der Waals surface area contributed by atoms with Gasteiger partial charge in [-0.1, -0.05) is 32.9 Å². The molecule has 1 heterocycles. The van der Waals surface area contributed by atoms with E-state index in [1.165, 1.54) is 0 Å². The lowest BCUT2D eigenvalue weighted by Crippen LogP contribution is -2.36. The molecule has 1 aromatic heterocycles. The SMILES string of the molecule is Cc1cc(C(=O)NC(c2ccc(C(=O)NO)cc2)C(C)(C)C)c(C)o1. The molecule has 0 aliphatic carbocycles. The minimum atomic E-state index is -0.576. The molecule has 2 rings (SSSR count).